The molecule has 1 rings (SSSR count). The van der Waals surface area contributed by atoms with Gasteiger partial charge in [0.25, 0.3) is 0 Å². The van der Waals surface area contributed by atoms with Crippen LogP contribution in [0.3, 0.4) is 0 Å². The Morgan fingerprint density at radius 1 is 1.22 bits per heavy atom. The van der Waals surface area contributed by atoms with Crippen LogP contribution in [0.2, 0.25) is 0 Å². The summed E-state index contributed by atoms with van der Waals surface area (Å²) in [6, 6.07) is 0. The molecule has 0 aromatic carbocycles. The number of hydrogen-bond donors (Lipinski definition) is 2. The SMILES string of the molecule is CCC(CC)(CO)NC(=O)CCC1CCCCC1. The van der Waals surface area contributed by atoms with Gasteiger partial charge >= 0.3 is 0 Å². The molecule has 0 saturated heterocycles. The summed E-state index contributed by atoms with van der Waals surface area (Å²) in [7, 11) is 0. The molecule has 0 aliphatic heterocycles. The normalized spacial score (nSPS) is 17.7. The highest BCUT2D eigenvalue weighted by Gasteiger charge is 2.27. The molecule has 0 spiro atoms. The third-order valence-corrected chi connectivity index (χ3v) is 4.57. The lowest BCUT2D eigenvalue weighted by molar-refractivity contribution is -0.124. The number of hydrogen-bond acceptors (Lipinski definition) is 2. The van der Waals surface area contributed by atoms with E-state index in [1.807, 2.05) is 13.8 Å². The first-order valence-electron chi connectivity index (χ1n) is 7.57. The van der Waals surface area contributed by atoms with E-state index in [0.717, 1.165) is 25.2 Å². The standard InChI is InChI=1S/C15H29NO2/c1-3-15(4-2,12-17)16-14(18)11-10-13-8-6-5-7-9-13/h13,17H,3-12H2,1-2H3,(H,16,18). The zero-order chi connectivity index (χ0) is 13.4. The second-order valence-electron chi connectivity index (χ2n) is 5.74. The van der Waals surface area contributed by atoms with Gasteiger partial charge < -0.3 is 10.4 Å². The van der Waals surface area contributed by atoms with Crippen molar-refractivity contribution < 1.29 is 9.90 Å². The molecule has 0 aromatic heterocycles. The van der Waals surface area contributed by atoms with Gasteiger partial charge in [0, 0.05) is 6.42 Å². The monoisotopic (exact) mass is 255 g/mol. The first kappa shape index (κ1) is 15.5. The van der Waals surface area contributed by atoms with Crippen LogP contribution in [0, 0.1) is 5.92 Å². The highest BCUT2D eigenvalue weighted by atomic mass is 16.3. The molecule has 1 aliphatic carbocycles. The van der Waals surface area contributed by atoms with Gasteiger partial charge in [-0.25, -0.2) is 0 Å². The first-order chi connectivity index (χ1) is 8.65. The fourth-order valence-corrected chi connectivity index (χ4v) is 2.86. The molecule has 1 amide bonds. The Morgan fingerprint density at radius 2 is 1.83 bits per heavy atom. The Kier molecular flexibility index (Phi) is 6.69. The minimum absolute atomic E-state index is 0.0369. The molecule has 0 heterocycles. The number of aliphatic hydroxyl groups excluding tert-OH is 1. The molecule has 0 aromatic rings. The number of nitrogens with one attached hydrogen (secondary N) is 1. The molecule has 0 unspecified atom stereocenters. The summed E-state index contributed by atoms with van der Waals surface area (Å²) in [5.41, 5.74) is -0.399. The van der Waals surface area contributed by atoms with Gasteiger partial charge in [-0.3, -0.25) is 4.79 Å². The Balaban J connectivity index is 2.31. The van der Waals surface area contributed by atoms with Crippen LogP contribution in [0.25, 0.3) is 0 Å². The fraction of sp³-hybridized carbons (Fsp3) is 0.933. The molecule has 18 heavy (non-hydrogen) atoms. The fourth-order valence-electron chi connectivity index (χ4n) is 2.86. The van der Waals surface area contributed by atoms with Crippen molar-refractivity contribution in [3.63, 3.8) is 0 Å². The van der Waals surface area contributed by atoms with E-state index in [1.165, 1.54) is 32.1 Å². The first-order valence-corrected chi connectivity index (χ1v) is 7.57. The predicted molar refractivity (Wildman–Crippen MR) is 74.4 cm³/mol. The average molecular weight is 255 g/mol. The number of carbonyl (C=O) groups is 1. The van der Waals surface area contributed by atoms with Crippen LogP contribution >= 0.6 is 0 Å². The van der Waals surface area contributed by atoms with Crippen LogP contribution in [-0.2, 0) is 4.79 Å². The Labute approximate surface area is 111 Å². The summed E-state index contributed by atoms with van der Waals surface area (Å²) in [5, 5.41) is 12.5. The Bertz CT molecular complexity index is 235. The van der Waals surface area contributed by atoms with Crippen LogP contribution in [0.1, 0.15) is 71.6 Å². The van der Waals surface area contributed by atoms with Gasteiger partial charge in [-0.05, 0) is 25.2 Å². The van der Waals surface area contributed by atoms with Crippen LogP contribution in [-0.4, -0.2) is 23.2 Å². The molecule has 2 N–H and O–H groups in total. The minimum Gasteiger partial charge on any atom is -0.394 e. The molecule has 0 atom stereocenters. The highest BCUT2D eigenvalue weighted by Crippen LogP contribution is 2.27. The van der Waals surface area contributed by atoms with E-state index in [0.29, 0.717) is 6.42 Å². The van der Waals surface area contributed by atoms with E-state index in [1.54, 1.807) is 0 Å². The second-order valence-corrected chi connectivity index (χ2v) is 5.74. The van der Waals surface area contributed by atoms with E-state index < -0.39 is 5.54 Å². The molecule has 1 fully saturated rings. The zero-order valence-corrected chi connectivity index (χ0v) is 12.0. The molecule has 0 bridgehead atoms. The maximum Gasteiger partial charge on any atom is 0.220 e. The van der Waals surface area contributed by atoms with Crippen LogP contribution < -0.4 is 5.32 Å². The predicted octanol–water partition coefficient (Wildman–Crippen LogP) is 3.01. The quantitative estimate of drug-likeness (QED) is 0.734. The van der Waals surface area contributed by atoms with Crippen molar-refractivity contribution in [3.05, 3.63) is 0 Å². The summed E-state index contributed by atoms with van der Waals surface area (Å²) in [6.07, 6.45) is 9.81. The van der Waals surface area contributed by atoms with Crippen molar-refractivity contribution in [2.75, 3.05) is 6.61 Å². The third-order valence-electron chi connectivity index (χ3n) is 4.57. The topological polar surface area (TPSA) is 49.3 Å². The van der Waals surface area contributed by atoms with Gasteiger partial charge in [-0.15, -0.1) is 0 Å². The molecule has 1 saturated carbocycles. The van der Waals surface area contributed by atoms with E-state index in [9.17, 15) is 9.90 Å². The van der Waals surface area contributed by atoms with Crippen molar-refractivity contribution >= 4 is 5.91 Å². The van der Waals surface area contributed by atoms with Crippen molar-refractivity contribution in [2.45, 2.75) is 77.2 Å². The molecular formula is C15H29NO2. The number of amides is 1. The average Bonchev–Trinajstić information content (AvgIpc) is 2.44. The second kappa shape index (κ2) is 7.78. The van der Waals surface area contributed by atoms with Gasteiger partial charge in [0.2, 0.25) is 5.91 Å². The molecular weight excluding hydrogens is 226 g/mol. The number of carbonyl (C=O) groups excluding carboxylic acids is 1. The maximum atomic E-state index is 12.0. The molecule has 3 heteroatoms. The van der Waals surface area contributed by atoms with Crippen LogP contribution in [0.4, 0.5) is 0 Å². The summed E-state index contributed by atoms with van der Waals surface area (Å²) in [6.45, 7) is 4.07. The van der Waals surface area contributed by atoms with E-state index in [2.05, 4.69) is 5.32 Å². The van der Waals surface area contributed by atoms with Crippen LogP contribution in [0.5, 0.6) is 0 Å². The number of rotatable bonds is 7. The van der Waals surface area contributed by atoms with Gasteiger partial charge in [0.15, 0.2) is 0 Å². The van der Waals surface area contributed by atoms with Gasteiger partial charge in [-0.2, -0.15) is 0 Å². The lowest BCUT2D eigenvalue weighted by Crippen LogP contribution is -2.50. The summed E-state index contributed by atoms with van der Waals surface area (Å²) in [4.78, 5) is 12.0. The lowest BCUT2D eigenvalue weighted by Gasteiger charge is -2.31. The smallest absolute Gasteiger partial charge is 0.220 e. The lowest BCUT2D eigenvalue weighted by atomic mass is 9.86. The van der Waals surface area contributed by atoms with Gasteiger partial charge in [-0.1, -0.05) is 46.0 Å². The molecule has 1 aliphatic rings. The van der Waals surface area contributed by atoms with Crippen molar-refractivity contribution in [2.24, 2.45) is 5.92 Å². The van der Waals surface area contributed by atoms with Gasteiger partial charge in [0.1, 0.15) is 0 Å². The summed E-state index contributed by atoms with van der Waals surface area (Å²) < 4.78 is 0. The van der Waals surface area contributed by atoms with Crippen molar-refractivity contribution in [1.29, 1.82) is 0 Å². The van der Waals surface area contributed by atoms with Crippen LogP contribution in [0.15, 0.2) is 0 Å². The van der Waals surface area contributed by atoms with E-state index in [4.69, 9.17) is 0 Å². The van der Waals surface area contributed by atoms with Crippen molar-refractivity contribution in [3.8, 4) is 0 Å². The number of aliphatic hydroxyl groups is 1. The van der Waals surface area contributed by atoms with E-state index >= 15 is 0 Å². The highest BCUT2D eigenvalue weighted by molar-refractivity contribution is 5.76. The summed E-state index contributed by atoms with van der Waals surface area (Å²) in [5.74, 6) is 0.856. The van der Waals surface area contributed by atoms with Gasteiger partial charge in [0.05, 0.1) is 12.1 Å². The third kappa shape index (κ3) is 4.60. The molecule has 3 nitrogen and oxygen atoms in total. The summed E-state index contributed by atoms with van der Waals surface area (Å²) >= 11 is 0. The van der Waals surface area contributed by atoms with E-state index in [-0.39, 0.29) is 12.5 Å². The maximum absolute atomic E-state index is 12.0. The van der Waals surface area contributed by atoms with Crippen molar-refractivity contribution in [1.82, 2.24) is 5.32 Å². The Morgan fingerprint density at radius 3 is 2.33 bits per heavy atom. The minimum atomic E-state index is -0.399. The molecule has 106 valence electrons. The zero-order valence-electron chi connectivity index (χ0n) is 12.0. The molecule has 0 radical (unpaired) electrons. The largest absolute Gasteiger partial charge is 0.394 e. The Hall–Kier alpha value is -0.570.